The molecule has 0 N–H and O–H groups in total. The maximum Gasteiger partial charge on any atom is 0.137 e. The van der Waals surface area contributed by atoms with Crippen molar-refractivity contribution in [2.75, 3.05) is 4.90 Å². The summed E-state index contributed by atoms with van der Waals surface area (Å²) in [5.41, 5.74) is 19.8. The van der Waals surface area contributed by atoms with Gasteiger partial charge in [0, 0.05) is 44.7 Å². The van der Waals surface area contributed by atoms with Gasteiger partial charge < -0.3 is 9.32 Å². The molecule has 7 aromatic rings. The predicted octanol–water partition coefficient (Wildman–Crippen LogP) is 15.7. The lowest BCUT2D eigenvalue weighted by atomic mass is 9.43. The molecule has 59 heavy (non-hydrogen) atoms. The maximum absolute atomic E-state index is 6.98. The van der Waals surface area contributed by atoms with Crippen molar-refractivity contribution >= 4 is 39.0 Å². The molecule has 6 aliphatic rings. The van der Waals surface area contributed by atoms with Gasteiger partial charge in [-0.3, -0.25) is 0 Å². The lowest BCUT2D eigenvalue weighted by Gasteiger charge is -2.61. The van der Waals surface area contributed by atoms with E-state index >= 15 is 0 Å². The van der Waals surface area contributed by atoms with Crippen LogP contribution in [-0.2, 0) is 21.7 Å². The van der Waals surface area contributed by atoms with Crippen LogP contribution in [0.5, 0.6) is 0 Å². The lowest BCUT2D eigenvalue weighted by Crippen LogP contribution is -2.55. The fourth-order valence-corrected chi connectivity index (χ4v) is 13.6. The number of benzene rings is 6. The van der Waals surface area contributed by atoms with E-state index in [9.17, 15) is 0 Å². The van der Waals surface area contributed by atoms with E-state index in [0.717, 1.165) is 28.7 Å². The van der Waals surface area contributed by atoms with E-state index in [-0.39, 0.29) is 21.7 Å². The van der Waals surface area contributed by atoms with Crippen LogP contribution in [0.4, 0.5) is 17.1 Å². The van der Waals surface area contributed by atoms with Gasteiger partial charge in [-0.05, 0) is 165 Å². The molecule has 0 amide bonds. The Morgan fingerprint density at radius 2 is 1.05 bits per heavy atom. The van der Waals surface area contributed by atoms with Crippen LogP contribution in [0.15, 0.2) is 120 Å². The molecule has 0 unspecified atom stereocenters. The van der Waals surface area contributed by atoms with Gasteiger partial charge in [0.05, 0.1) is 0 Å². The van der Waals surface area contributed by atoms with E-state index in [1.54, 1.807) is 11.1 Å². The number of anilines is 3. The SMILES string of the molecule is CC(C)(C)c1cc(C(C)(C)C)c2c(c1)oc1cc(N(c3ccc4c(c3)C(C)(C)c3ccccc3-4)c3ccc4c(c3)C3(c5ccccc5-4)C4CC5CC(C4)CC3C5)ccc12. The monoisotopic (exact) mass is 771 g/mol. The summed E-state index contributed by atoms with van der Waals surface area (Å²) in [5, 5.41) is 2.44. The minimum atomic E-state index is -0.103. The first kappa shape index (κ1) is 35.8. The highest BCUT2D eigenvalue weighted by Crippen LogP contribution is 2.69. The average molecular weight is 772 g/mol. The van der Waals surface area contributed by atoms with Crippen molar-refractivity contribution in [2.45, 2.75) is 109 Å². The zero-order chi connectivity index (χ0) is 40.4. The number of hydrogen-bond acceptors (Lipinski definition) is 2. The Balaban J connectivity index is 1.08. The minimum Gasteiger partial charge on any atom is -0.456 e. The quantitative estimate of drug-likeness (QED) is 0.178. The zero-order valence-electron chi connectivity index (χ0n) is 36.2. The molecule has 6 aromatic carbocycles. The van der Waals surface area contributed by atoms with E-state index < -0.39 is 0 Å². The highest BCUT2D eigenvalue weighted by atomic mass is 16.3. The third kappa shape index (κ3) is 4.87. The number of rotatable bonds is 3. The molecule has 1 aromatic heterocycles. The zero-order valence-corrected chi connectivity index (χ0v) is 36.2. The summed E-state index contributed by atoms with van der Waals surface area (Å²) >= 11 is 0. The fourth-order valence-electron chi connectivity index (χ4n) is 13.6. The summed E-state index contributed by atoms with van der Waals surface area (Å²) in [5.74, 6) is 3.25. The Bertz CT molecular complexity index is 2880. The predicted molar refractivity (Wildman–Crippen MR) is 247 cm³/mol. The van der Waals surface area contributed by atoms with Gasteiger partial charge in [-0.25, -0.2) is 0 Å². The summed E-state index contributed by atoms with van der Waals surface area (Å²) in [6.07, 6.45) is 6.98. The minimum absolute atomic E-state index is 0.0119. The summed E-state index contributed by atoms with van der Waals surface area (Å²) in [7, 11) is 0. The van der Waals surface area contributed by atoms with Gasteiger partial charge in [0.1, 0.15) is 11.2 Å². The van der Waals surface area contributed by atoms with Crippen molar-refractivity contribution in [1.82, 2.24) is 0 Å². The molecule has 4 saturated carbocycles. The molecule has 13 rings (SSSR count). The Hall–Kier alpha value is -5.08. The van der Waals surface area contributed by atoms with Crippen molar-refractivity contribution in [1.29, 1.82) is 0 Å². The summed E-state index contributed by atoms with van der Waals surface area (Å²) in [6.45, 7) is 18.7. The van der Waals surface area contributed by atoms with Crippen LogP contribution in [0.3, 0.4) is 0 Å². The average Bonchev–Trinajstić information content (AvgIpc) is 3.79. The van der Waals surface area contributed by atoms with Crippen molar-refractivity contribution < 1.29 is 4.42 Å². The van der Waals surface area contributed by atoms with E-state index in [4.69, 9.17) is 4.42 Å². The largest absolute Gasteiger partial charge is 0.456 e. The standard InChI is InChI=1S/C57H57NO/c1-54(2,3)35-28-50(55(4,5)6)53-45-22-19-40(32-51(45)59-52(53)29-35)58(38-17-20-43-41-13-9-11-15-46(41)56(7,8)48(43)30-38)39-18-21-44-42-14-10-12-16-47(42)57(49(44)31-39)36-24-33-23-34(26-36)27-37(57)25-33/h9-22,28-34,36-37H,23-27H2,1-8H3. The normalized spacial score (nSPS) is 24.5. The summed E-state index contributed by atoms with van der Waals surface area (Å²) < 4.78 is 6.98. The third-order valence-corrected chi connectivity index (χ3v) is 16.1. The van der Waals surface area contributed by atoms with Gasteiger partial charge in [-0.15, -0.1) is 0 Å². The van der Waals surface area contributed by atoms with E-state index in [2.05, 4.69) is 176 Å². The molecule has 4 bridgehead atoms. The van der Waals surface area contributed by atoms with Crippen molar-refractivity contribution in [3.63, 3.8) is 0 Å². The highest BCUT2D eigenvalue weighted by Gasteiger charge is 2.61. The van der Waals surface area contributed by atoms with Crippen LogP contribution >= 0.6 is 0 Å². The van der Waals surface area contributed by atoms with Crippen LogP contribution < -0.4 is 4.90 Å². The first-order valence-corrected chi connectivity index (χ1v) is 22.5. The molecular weight excluding hydrogens is 715 g/mol. The number of furan rings is 1. The fraction of sp³-hybridized carbons (Fsp3) is 0.368. The molecule has 0 radical (unpaired) electrons. The Morgan fingerprint density at radius 1 is 0.508 bits per heavy atom. The van der Waals surface area contributed by atoms with Crippen molar-refractivity contribution in [3.8, 4) is 22.3 Å². The first-order valence-electron chi connectivity index (χ1n) is 22.5. The molecule has 4 fully saturated rings. The van der Waals surface area contributed by atoms with Gasteiger partial charge in [0.2, 0.25) is 0 Å². The van der Waals surface area contributed by atoms with Gasteiger partial charge in [-0.1, -0.05) is 122 Å². The van der Waals surface area contributed by atoms with Crippen LogP contribution in [0.1, 0.15) is 121 Å². The Morgan fingerprint density at radius 3 is 1.69 bits per heavy atom. The van der Waals surface area contributed by atoms with E-state index in [1.807, 2.05) is 0 Å². The maximum atomic E-state index is 6.98. The molecule has 2 heteroatoms. The molecule has 2 nitrogen and oxygen atoms in total. The number of nitrogens with zero attached hydrogens (tertiary/aromatic N) is 1. The molecule has 1 spiro atoms. The van der Waals surface area contributed by atoms with Gasteiger partial charge in [0.15, 0.2) is 0 Å². The topological polar surface area (TPSA) is 16.4 Å². The number of hydrogen-bond donors (Lipinski definition) is 0. The second-order valence-electron chi connectivity index (χ2n) is 21.9. The van der Waals surface area contributed by atoms with Crippen LogP contribution in [0.2, 0.25) is 0 Å². The molecule has 296 valence electrons. The van der Waals surface area contributed by atoms with Crippen molar-refractivity contribution in [2.24, 2.45) is 23.7 Å². The highest BCUT2D eigenvalue weighted by molar-refractivity contribution is 6.08. The van der Waals surface area contributed by atoms with Gasteiger partial charge in [-0.2, -0.15) is 0 Å². The lowest BCUT2D eigenvalue weighted by molar-refractivity contribution is -0.0399. The van der Waals surface area contributed by atoms with Gasteiger partial charge >= 0.3 is 0 Å². The van der Waals surface area contributed by atoms with Crippen LogP contribution in [0, 0.1) is 23.7 Å². The molecule has 6 aliphatic carbocycles. The Labute approximate surface area is 350 Å². The van der Waals surface area contributed by atoms with E-state index in [1.165, 1.54) is 98.8 Å². The first-order chi connectivity index (χ1) is 28.2. The molecule has 0 aliphatic heterocycles. The van der Waals surface area contributed by atoms with Gasteiger partial charge in [0.25, 0.3) is 0 Å². The smallest absolute Gasteiger partial charge is 0.137 e. The molecule has 0 saturated heterocycles. The summed E-state index contributed by atoms with van der Waals surface area (Å²) in [6, 6.07) is 45.0. The van der Waals surface area contributed by atoms with E-state index in [0.29, 0.717) is 11.8 Å². The molecule has 0 atom stereocenters. The Kier molecular flexibility index (Phi) is 7.17. The molecular formula is C57H57NO. The summed E-state index contributed by atoms with van der Waals surface area (Å²) in [4.78, 5) is 2.55. The second kappa shape index (κ2) is 11.8. The third-order valence-electron chi connectivity index (χ3n) is 16.1. The number of fused-ring (bicyclic) bond motifs is 9. The molecule has 1 heterocycles. The second-order valence-corrected chi connectivity index (χ2v) is 21.9. The van der Waals surface area contributed by atoms with Crippen LogP contribution in [0.25, 0.3) is 44.2 Å². The van der Waals surface area contributed by atoms with Crippen molar-refractivity contribution in [3.05, 3.63) is 149 Å². The van der Waals surface area contributed by atoms with Crippen LogP contribution in [-0.4, -0.2) is 0 Å².